The molecule has 15 heteroatoms. The number of hydrogen-bond acceptors (Lipinski definition) is 8. The number of carboxylic acids is 2. The Balaban J connectivity index is -0.000000491. The first-order valence-electron chi connectivity index (χ1n) is 10.9. The van der Waals surface area contributed by atoms with E-state index in [4.69, 9.17) is 27.7 Å². The summed E-state index contributed by atoms with van der Waals surface area (Å²) in [6.07, 6.45) is 1.76. The molecule has 0 bridgehead atoms. The lowest BCUT2D eigenvalue weighted by molar-refractivity contribution is -0.870. The Morgan fingerprint density at radius 2 is 0.914 bits per heavy atom. The number of amides is 2. The SMILES string of the molecule is C[N+](C)(C)CCCNC(=O)CCC(=O)O.C[N+](C)(C)CCCNC(=O)CCC(=O)O.O=S(=O)([O-])[O-]. The predicted octanol–water partition coefficient (Wildman–Crippen LogP) is -1.21. The minimum Gasteiger partial charge on any atom is -0.759 e. The Morgan fingerprint density at radius 3 is 1.11 bits per heavy atom. The van der Waals surface area contributed by atoms with Gasteiger partial charge in [-0.1, -0.05) is 0 Å². The Hall–Kier alpha value is -2.33. The average Bonchev–Trinajstić information content (AvgIpc) is 2.63. The van der Waals surface area contributed by atoms with Crippen molar-refractivity contribution >= 4 is 34.2 Å². The molecule has 0 saturated carbocycles. The second-order valence-electron chi connectivity index (χ2n) is 9.63. The van der Waals surface area contributed by atoms with E-state index in [2.05, 4.69) is 52.9 Å². The van der Waals surface area contributed by atoms with Crippen LogP contribution in [-0.2, 0) is 29.6 Å². The van der Waals surface area contributed by atoms with Crippen LogP contribution in [0.4, 0.5) is 0 Å². The van der Waals surface area contributed by atoms with Gasteiger partial charge >= 0.3 is 11.9 Å². The van der Waals surface area contributed by atoms with Crippen LogP contribution in [0.25, 0.3) is 0 Å². The largest absolute Gasteiger partial charge is 0.759 e. The average molecular weight is 531 g/mol. The molecule has 0 atom stereocenters. The highest BCUT2D eigenvalue weighted by molar-refractivity contribution is 7.79. The Kier molecular flexibility index (Phi) is 20.1. The molecule has 2 amide bonds. The van der Waals surface area contributed by atoms with Gasteiger partial charge in [0.05, 0.1) is 68.2 Å². The fourth-order valence-corrected chi connectivity index (χ4v) is 2.18. The Morgan fingerprint density at radius 1 is 0.657 bits per heavy atom. The van der Waals surface area contributed by atoms with Crippen molar-refractivity contribution in [3.05, 3.63) is 0 Å². The summed E-state index contributed by atoms with van der Waals surface area (Å²) in [4.78, 5) is 42.6. The first-order valence-corrected chi connectivity index (χ1v) is 12.2. The smallest absolute Gasteiger partial charge is 0.303 e. The van der Waals surface area contributed by atoms with Crippen molar-refractivity contribution < 1.29 is 55.9 Å². The minimum atomic E-state index is -5.17. The van der Waals surface area contributed by atoms with E-state index in [1.54, 1.807) is 0 Å². The molecule has 4 N–H and O–H groups in total. The van der Waals surface area contributed by atoms with E-state index in [-0.39, 0.29) is 37.5 Å². The highest BCUT2D eigenvalue weighted by Crippen LogP contribution is 1.94. The molecule has 35 heavy (non-hydrogen) atoms. The van der Waals surface area contributed by atoms with Crippen LogP contribution in [0.2, 0.25) is 0 Å². The van der Waals surface area contributed by atoms with Gasteiger partial charge < -0.3 is 38.9 Å². The summed E-state index contributed by atoms with van der Waals surface area (Å²) in [7, 11) is 7.37. The van der Waals surface area contributed by atoms with E-state index in [1.165, 1.54) is 0 Å². The molecule has 0 aromatic heterocycles. The van der Waals surface area contributed by atoms with Gasteiger partial charge in [-0.05, 0) is 0 Å². The third-order valence-electron chi connectivity index (χ3n) is 3.79. The van der Waals surface area contributed by atoms with Gasteiger partial charge in [0.2, 0.25) is 11.8 Å². The van der Waals surface area contributed by atoms with Gasteiger partial charge in [-0.15, -0.1) is 0 Å². The third kappa shape index (κ3) is 49.8. The quantitative estimate of drug-likeness (QED) is 0.0910. The van der Waals surface area contributed by atoms with Crippen LogP contribution in [0, 0.1) is 0 Å². The van der Waals surface area contributed by atoms with Crippen LogP contribution in [0.15, 0.2) is 0 Å². The van der Waals surface area contributed by atoms with Crippen molar-refractivity contribution in [1.82, 2.24) is 10.6 Å². The first-order chi connectivity index (χ1) is 15.6. The summed E-state index contributed by atoms with van der Waals surface area (Å²) in [5.41, 5.74) is 0. The molecule has 0 aromatic carbocycles. The van der Waals surface area contributed by atoms with Crippen LogP contribution < -0.4 is 10.6 Å². The zero-order valence-corrected chi connectivity index (χ0v) is 22.4. The maximum Gasteiger partial charge on any atom is 0.303 e. The second-order valence-corrected chi connectivity index (χ2v) is 10.4. The lowest BCUT2D eigenvalue weighted by Crippen LogP contribution is -2.37. The molecule has 0 radical (unpaired) electrons. The van der Waals surface area contributed by atoms with Crippen molar-refractivity contribution in [3.8, 4) is 0 Å². The van der Waals surface area contributed by atoms with Gasteiger partial charge in [0.25, 0.3) is 0 Å². The van der Waals surface area contributed by atoms with Gasteiger partial charge in [-0.3, -0.25) is 27.6 Å². The fraction of sp³-hybridized carbons (Fsp3) is 0.800. The normalized spacial score (nSPS) is 11.2. The van der Waals surface area contributed by atoms with Crippen LogP contribution in [0.3, 0.4) is 0 Å². The van der Waals surface area contributed by atoms with E-state index >= 15 is 0 Å². The summed E-state index contributed by atoms with van der Waals surface area (Å²) in [5, 5.41) is 22.1. The van der Waals surface area contributed by atoms with Gasteiger partial charge in [0, 0.05) is 49.2 Å². The number of hydrogen-bond donors (Lipinski definition) is 4. The number of carboxylic acid groups (broad SMARTS) is 2. The number of nitrogens with zero attached hydrogens (tertiary/aromatic N) is 2. The zero-order chi connectivity index (χ0) is 28.3. The van der Waals surface area contributed by atoms with Gasteiger partial charge in [-0.2, -0.15) is 0 Å². The second kappa shape index (κ2) is 18.9. The summed E-state index contributed by atoms with van der Waals surface area (Å²) >= 11 is 0. The molecular formula is C20H42N4O10S. The van der Waals surface area contributed by atoms with Crippen molar-refractivity contribution in [2.45, 2.75) is 38.5 Å². The van der Waals surface area contributed by atoms with E-state index in [0.717, 1.165) is 34.9 Å². The zero-order valence-electron chi connectivity index (χ0n) is 21.5. The summed E-state index contributed by atoms with van der Waals surface area (Å²) in [6, 6.07) is 0. The minimum absolute atomic E-state index is 0.0692. The number of aliphatic carboxylic acids is 2. The molecule has 0 unspecified atom stereocenters. The summed E-state index contributed by atoms with van der Waals surface area (Å²) in [6.45, 7) is 3.21. The maximum atomic E-state index is 11.1. The summed E-state index contributed by atoms with van der Waals surface area (Å²) in [5.74, 6) is -2.23. The Labute approximate surface area is 208 Å². The molecule has 0 rings (SSSR count). The van der Waals surface area contributed by atoms with Gasteiger partial charge in [0.1, 0.15) is 0 Å². The predicted molar refractivity (Wildman–Crippen MR) is 125 cm³/mol. The first kappa shape index (κ1) is 37.2. The van der Waals surface area contributed by atoms with Crippen LogP contribution >= 0.6 is 0 Å². The van der Waals surface area contributed by atoms with Crippen molar-refractivity contribution in [1.29, 1.82) is 0 Å². The third-order valence-corrected chi connectivity index (χ3v) is 3.79. The molecule has 0 aromatic rings. The molecular weight excluding hydrogens is 488 g/mol. The van der Waals surface area contributed by atoms with Crippen molar-refractivity contribution in [2.75, 3.05) is 68.5 Å². The summed E-state index contributed by atoms with van der Waals surface area (Å²) < 4.78 is 35.8. The molecule has 0 aliphatic heterocycles. The fourth-order valence-electron chi connectivity index (χ4n) is 2.18. The van der Waals surface area contributed by atoms with E-state index < -0.39 is 22.3 Å². The van der Waals surface area contributed by atoms with Crippen LogP contribution in [0.5, 0.6) is 0 Å². The van der Waals surface area contributed by atoms with Gasteiger partial charge in [0.15, 0.2) is 0 Å². The van der Waals surface area contributed by atoms with E-state index in [9.17, 15) is 19.2 Å². The number of carbonyl (C=O) groups is 4. The molecule has 14 nitrogen and oxygen atoms in total. The Bertz CT molecular complexity index is 688. The van der Waals surface area contributed by atoms with E-state index in [1.807, 2.05) is 0 Å². The maximum absolute atomic E-state index is 11.1. The monoisotopic (exact) mass is 530 g/mol. The molecule has 208 valence electrons. The molecule has 0 fully saturated rings. The lowest BCUT2D eigenvalue weighted by atomic mass is 10.3. The molecule has 0 saturated heterocycles. The van der Waals surface area contributed by atoms with Crippen LogP contribution in [-0.4, -0.2) is 129 Å². The van der Waals surface area contributed by atoms with E-state index in [0.29, 0.717) is 13.1 Å². The lowest BCUT2D eigenvalue weighted by Gasteiger charge is -2.23. The molecule has 0 spiro atoms. The van der Waals surface area contributed by atoms with Crippen molar-refractivity contribution in [2.24, 2.45) is 0 Å². The highest BCUT2D eigenvalue weighted by atomic mass is 32.3. The molecule has 0 aliphatic rings. The van der Waals surface area contributed by atoms with Gasteiger partial charge in [-0.25, -0.2) is 0 Å². The standard InChI is InChI=1S/2C10H20N2O3.H2O4S/c2*1-12(2,3)8-4-7-11-9(13)5-6-10(14)15;1-5(2,3)4/h2*4-8H2,1-3H3,(H-,11,13,14,15);(H2,1,2,3,4). The molecule has 0 heterocycles. The number of quaternary nitrogens is 2. The van der Waals surface area contributed by atoms with Crippen LogP contribution in [0.1, 0.15) is 38.5 Å². The highest BCUT2D eigenvalue weighted by Gasteiger charge is 2.09. The topological polar surface area (TPSA) is 213 Å². The number of nitrogens with one attached hydrogen (secondary N) is 2. The number of rotatable bonds is 14. The number of carbonyl (C=O) groups excluding carboxylic acids is 2. The van der Waals surface area contributed by atoms with Crippen molar-refractivity contribution in [3.63, 3.8) is 0 Å². The molecule has 0 aliphatic carbocycles.